The Morgan fingerprint density at radius 3 is 2.67 bits per heavy atom. The van der Waals surface area contributed by atoms with E-state index in [0.29, 0.717) is 11.6 Å². The maximum atomic E-state index is 12.3. The second-order valence-electron chi connectivity index (χ2n) is 7.48. The number of aromatic nitrogens is 2. The van der Waals surface area contributed by atoms with Crippen molar-refractivity contribution in [3.63, 3.8) is 0 Å². The summed E-state index contributed by atoms with van der Waals surface area (Å²) in [6.45, 7) is 7.63. The maximum absolute atomic E-state index is 12.3. The van der Waals surface area contributed by atoms with Crippen molar-refractivity contribution in [2.45, 2.75) is 46.9 Å². The molecule has 0 saturated heterocycles. The summed E-state index contributed by atoms with van der Waals surface area (Å²) in [5.41, 5.74) is 3.61. The highest BCUT2D eigenvalue weighted by Gasteiger charge is 2.16. The summed E-state index contributed by atoms with van der Waals surface area (Å²) in [5, 5.41) is 2.82. The van der Waals surface area contributed by atoms with Crippen LogP contribution in [-0.2, 0) is 27.4 Å². The van der Waals surface area contributed by atoms with Crippen LogP contribution in [-0.4, -0.2) is 34.1 Å². The molecule has 0 atom stereocenters. The Kier molecular flexibility index (Phi) is 6.72. The van der Waals surface area contributed by atoms with Crippen LogP contribution in [0.2, 0.25) is 0 Å². The summed E-state index contributed by atoms with van der Waals surface area (Å²) < 4.78 is 12.7. The lowest BCUT2D eigenvalue weighted by Gasteiger charge is -2.12. The maximum Gasteiger partial charge on any atom is 0.326 e. The molecule has 30 heavy (non-hydrogen) atoms. The predicted octanol–water partition coefficient (Wildman–Crippen LogP) is 3.30. The summed E-state index contributed by atoms with van der Waals surface area (Å²) in [5.74, 6) is 0.657. The Labute approximate surface area is 176 Å². The molecule has 0 saturated carbocycles. The van der Waals surface area contributed by atoms with Crippen LogP contribution in [0.1, 0.15) is 30.8 Å². The van der Waals surface area contributed by atoms with Gasteiger partial charge in [0.1, 0.15) is 18.1 Å². The van der Waals surface area contributed by atoms with Crippen molar-refractivity contribution < 1.29 is 19.1 Å². The van der Waals surface area contributed by atoms with Gasteiger partial charge < -0.3 is 19.4 Å². The Morgan fingerprint density at radius 2 is 1.90 bits per heavy atom. The van der Waals surface area contributed by atoms with Gasteiger partial charge in [-0.1, -0.05) is 24.3 Å². The van der Waals surface area contributed by atoms with E-state index < -0.39 is 0 Å². The lowest BCUT2D eigenvalue weighted by molar-refractivity contribution is -0.148. The van der Waals surface area contributed by atoms with Crippen molar-refractivity contribution >= 4 is 22.9 Å². The normalized spacial score (nSPS) is 11.0. The number of ether oxygens (including phenoxy) is 2. The molecular formula is C23H27N3O4. The van der Waals surface area contributed by atoms with Gasteiger partial charge in [-0.05, 0) is 57.0 Å². The van der Waals surface area contributed by atoms with Gasteiger partial charge in [-0.2, -0.15) is 0 Å². The molecular weight excluding hydrogens is 382 g/mol. The molecule has 1 aromatic heterocycles. The Balaban J connectivity index is 1.67. The van der Waals surface area contributed by atoms with Gasteiger partial charge in [0, 0.05) is 0 Å². The molecule has 0 fully saturated rings. The molecule has 3 aromatic rings. The SMILES string of the molecule is Cc1ccc(C)c(OCC(=O)NCc2nc3ccccc3n2CC(=O)OC(C)C)c1. The number of carbonyl (C=O) groups is 2. The van der Waals surface area contributed by atoms with Crippen LogP contribution in [0.25, 0.3) is 11.0 Å². The van der Waals surface area contributed by atoms with E-state index in [2.05, 4.69) is 10.3 Å². The van der Waals surface area contributed by atoms with E-state index in [1.165, 1.54) is 0 Å². The molecule has 0 aliphatic carbocycles. The van der Waals surface area contributed by atoms with E-state index in [4.69, 9.17) is 9.47 Å². The third kappa shape index (κ3) is 5.37. The zero-order chi connectivity index (χ0) is 21.7. The molecule has 1 N–H and O–H groups in total. The van der Waals surface area contributed by atoms with Gasteiger partial charge >= 0.3 is 5.97 Å². The fourth-order valence-electron chi connectivity index (χ4n) is 3.10. The molecule has 0 unspecified atom stereocenters. The van der Waals surface area contributed by atoms with Crippen LogP contribution in [0.15, 0.2) is 42.5 Å². The number of imidazole rings is 1. The standard InChI is InChI=1S/C23H27N3O4/c1-15(2)30-23(28)13-26-19-8-6-5-7-18(19)25-21(26)12-24-22(27)14-29-20-11-16(3)9-10-17(20)4/h5-11,15H,12-14H2,1-4H3,(H,24,27). The predicted molar refractivity (Wildman–Crippen MR) is 114 cm³/mol. The first-order valence-electron chi connectivity index (χ1n) is 9.94. The fourth-order valence-corrected chi connectivity index (χ4v) is 3.10. The number of benzene rings is 2. The van der Waals surface area contributed by atoms with Gasteiger partial charge in [0.05, 0.1) is 23.7 Å². The van der Waals surface area contributed by atoms with Crippen molar-refractivity contribution in [2.24, 2.45) is 0 Å². The van der Waals surface area contributed by atoms with Crippen LogP contribution in [0.4, 0.5) is 0 Å². The van der Waals surface area contributed by atoms with E-state index >= 15 is 0 Å². The van der Waals surface area contributed by atoms with Crippen LogP contribution in [0.5, 0.6) is 5.75 Å². The zero-order valence-corrected chi connectivity index (χ0v) is 17.8. The molecule has 0 aliphatic rings. The summed E-state index contributed by atoms with van der Waals surface area (Å²) in [7, 11) is 0. The highest BCUT2D eigenvalue weighted by molar-refractivity contribution is 5.80. The van der Waals surface area contributed by atoms with Crippen molar-refractivity contribution in [3.8, 4) is 5.75 Å². The van der Waals surface area contributed by atoms with Crippen LogP contribution < -0.4 is 10.1 Å². The quantitative estimate of drug-likeness (QED) is 0.577. The molecule has 0 spiro atoms. The van der Waals surface area contributed by atoms with Crippen molar-refractivity contribution in [3.05, 3.63) is 59.4 Å². The number of amides is 1. The third-order valence-electron chi connectivity index (χ3n) is 4.53. The molecule has 7 heteroatoms. The smallest absolute Gasteiger partial charge is 0.326 e. The fraction of sp³-hybridized carbons (Fsp3) is 0.348. The van der Waals surface area contributed by atoms with Crippen molar-refractivity contribution in [1.29, 1.82) is 0 Å². The number of rotatable bonds is 8. The van der Waals surface area contributed by atoms with Crippen molar-refractivity contribution in [1.82, 2.24) is 14.9 Å². The number of esters is 1. The van der Waals surface area contributed by atoms with E-state index in [1.807, 2.05) is 56.3 Å². The van der Waals surface area contributed by atoms with E-state index in [-0.39, 0.29) is 37.7 Å². The highest BCUT2D eigenvalue weighted by Crippen LogP contribution is 2.19. The van der Waals surface area contributed by atoms with Gasteiger partial charge in [-0.25, -0.2) is 4.98 Å². The monoisotopic (exact) mass is 409 g/mol. The van der Waals surface area contributed by atoms with Gasteiger partial charge in [0.25, 0.3) is 5.91 Å². The second-order valence-corrected chi connectivity index (χ2v) is 7.48. The minimum atomic E-state index is -0.348. The molecule has 7 nitrogen and oxygen atoms in total. The number of aryl methyl sites for hydroxylation is 2. The number of hydrogen-bond acceptors (Lipinski definition) is 5. The molecule has 2 aromatic carbocycles. The molecule has 158 valence electrons. The average Bonchev–Trinajstić information content (AvgIpc) is 3.04. The van der Waals surface area contributed by atoms with E-state index in [9.17, 15) is 9.59 Å². The average molecular weight is 409 g/mol. The number of fused-ring (bicyclic) bond motifs is 1. The van der Waals surface area contributed by atoms with Crippen LogP contribution >= 0.6 is 0 Å². The van der Waals surface area contributed by atoms with Crippen LogP contribution in [0.3, 0.4) is 0 Å². The summed E-state index contributed by atoms with van der Waals surface area (Å²) in [4.78, 5) is 29.1. The first-order chi connectivity index (χ1) is 14.3. The number of nitrogens with zero attached hydrogens (tertiary/aromatic N) is 2. The molecule has 1 amide bonds. The Hall–Kier alpha value is -3.35. The summed E-state index contributed by atoms with van der Waals surface area (Å²) in [6.07, 6.45) is -0.197. The summed E-state index contributed by atoms with van der Waals surface area (Å²) >= 11 is 0. The minimum absolute atomic E-state index is 0.0306. The van der Waals surface area contributed by atoms with Crippen molar-refractivity contribution in [2.75, 3.05) is 6.61 Å². The molecule has 0 radical (unpaired) electrons. The number of hydrogen-bond donors (Lipinski definition) is 1. The summed E-state index contributed by atoms with van der Waals surface area (Å²) in [6, 6.07) is 13.4. The topological polar surface area (TPSA) is 82.5 Å². The number of para-hydroxylation sites is 2. The Morgan fingerprint density at radius 1 is 1.13 bits per heavy atom. The molecule has 3 rings (SSSR count). The van der Waals surface area contributed by atoms with Gasteiger partial charge in [-0.15, -0.1) is 0 Å². The van der Waals surface area contributed by atoms with E-state index in [1.54, 1.807) is 18.4 Å². The van der Waals surface area contributed by atoms with E-state index in [0.717, 1.165) is 22.2 Å². The van der Waals surface area contributed by atoms with Crippen LogP contribution in [0, 0.1) is 13.8 Å². The number of carbonyl (C=O) groups excluding carboxylic acids is 2. The third-order valence-corrected chi connectivity index (χ3v) is 4.53. The highest BCUT2D eigenvalue weighted by atomic mass is 16.5. The van der Waals surface area contributed by atoms with Gasteiger partial charge in [0.15, 0.2) is 6.61 Å². The number of nitrogens with one attached hydrogen (secondary N) is 1. The first kappa shape index (κ1) is 21.4. The second kappa shape index (κ2) is 9.43. The minimum Gasteiger partial charge on any atom is -0.483 e. The molecule has 0 aliphatic heterocycles. The van der Waals surface area contributed by atoms with Gasteiger partial charge in [0.2, 0.25) is 0 Å². The Bertz CT molecular complexity index is 1060. The lowest BCUT2D eigenvalue weighted by atomic mass is 10.1. The lowest BCUT2D eigenvalue weighted by Crippen LogP contribution is -2.30. The zero-order valence-electron chi connectivity index (χ0n) is 17.8. The first-order valence-corrected chi connectivity index (χ1v) is 9.94. The molecule has 1 heterocycles. The largest absolute Gasteiger partial charge is 0.483 e. The molecule has 0 bridgehead atoms. The van der Waals surface area contributed by atoms with Gasteiger partial charge in [-0.3, -0.25) is 9.59 Å².